The van der Waals surface area contributed by atoms with Gasteiger partial charge in [-0.3, -0.25) is 4.79 Å². The number of thioether (sulfide) groups is 1. The van der Waals surface area contributed by atoms with E-state index in [4.69, 9.17) is 0 Å². The fourth-order valence-electron chi connectivity index (χ4n) is 2.58. The molecule has 0 saturated carbocycles. The second-order valence-electron chi connectivity index (χ2n) is 5.18. The van der Waals surface area contributed by atoms with Crippen LogP contribution >= 0.6 is 11.8 Å². The number of benzene rings is 2. The Labute approximate surface area is 141 Å². The van der Waals surface area contributed by atoms with Crippen LogP contribution in [0.15, 0.2) is 54.6 Å². The maximum absolute atomic E-state index is 12.8. The molecule has 1 amide bonds. The minimum Gasteiger partial charge on any atom is -0.405 e. The summed E-state index contributed by atoms with van der Waals surface area (Å²) in [7, 11) is 0. The Morgan fingerprint density at radius 3 is 2.46 bits per heavy atom. The van der Waals surface area contributed by atoms with Crippen molar-refractivity contribution in [1.29, 1.82) is 0 Å². The van der Waals surface area contributed by atoms with E-state index in [0.29, 0.717) is 6.54 Å². The van der Waals surface area contributed by atoms with E-state index in [1.807, 2.05) is 30.3 Å². The van der Waals surface area contributed by atoms with Crippen molar-refractivity contribution in [2.45, 2.75) is 11.7 Å². The van der Waals surface area contributed by atoms with Crippen molar-refractivity contribution in [3.8, 4) is 5.75 Å². The lowest BCUT2D eigenvalue weighted by Gasteiger charge is -2.25. The molecule has 0 aliphatic carbocycles. The summed E-state index contributed by atoms with van der Waals surface area (Å²) >= 11 is 1.59. The maximum atomic E-state index is 12.8. The topological polar surface area (TPSA) is 29.5 Å². The van der Waals surface area contributed by atoms with Crippen LogP contribution in [-0.2, 0) is 0 Å². The second-order valence-corrected chi connectivity index (χ2v) is 6.36. The van der Waals surface area contributed by atoms with Crippen molar-refractivity contribution in [1.82, 2.24) is 4.90 Å². The Morgan fingerprint density at radius 1 is 1.08 bits per heavy atom. The monoisotopic (exact) mass is 353 g/mol. The van der Waals surface area contributed by atoms with E-state index in [2.05, 4.69) is 4.74 Å². The summed E-state index contributed by atoms with van der Waals surface area (Å²) < 4.78 is 41.7. The van der Waals surface area contributed by atoms with Crippen LogP contribution in [0.3, 0.4) is 0 Å². The van der Waals surface area contributed by atoms with Crippen molar-refractivity contribution in [3.05, 3.63) is 65.7 Å². The number of para-hydroxylation sites is 1. The first-order chi connectivity index (χ1) is 11.5. The van der Waals surface area contributed by atoms with E-state index in [1.54, 1.807) is 16.7 Å². The van der Waals surface area contributed by atoms with Gasteiger partial charge in [0.25, 0.3) is 5.91 Å². The molecule has 126 valence electrons. The number of hydrogen-bond acceptors (Lipinski definition) is 3. The van der Waals surface area contributed by atoms with Gasteiger partial charge in [0, 0.05) is 12.3 Å². The number of nitrogens with zero attached hydrogens (tertiary/aromatic N) is 1. The summed E-state index contributed by atoms with van der Waals surface area (Å²) in [6, 6.07) is 14.9. The number of hydrogen-bond donors (Lipinski definition) is 0. The number of rotatable bonds is 3. The molecule has 0 spiro atoms. The highest BCUT2D eigenvalue weighted by Crippen LogP contribution is 2.39. The van der Waals surface area contributed by atoms with Gasteiger partial charge in [0.2, 0.25) is 0 Å². The fourth-order valence-corrected chi connectivity index (χ4v) is 3.84. The predicted molar refractivity (Wildman–Crippen MR) is 85.8 cm³/mol. The Hall–Kier alpha value is -2.15. The van der Waals surface area contributed by atoms with Crippen molar-refractivity contribution in [2.75, 3.05) is 12.3 Å². The highest BCUT2D eigenvalue weighted by molar-refractivity contribution is 7.99. The maximum Gasteiger partial charge on any atom is 0.573 e. The van der Waals surface area contributed by atoms with E-state index in [-0.39, 0.29) is 10.9 Å². The van der Waals surface area contributed by atoms with Crippen molar-refractivity contribution in [3.63, 3.8) is 0 Å². The van der Waals surface area contributed by atoms with Gasteiger partial charge in [-0.2, -0.15) is 0 Å². The minimum atomic E-state index is -4.84. The molecule has 0 bridgehead atoms. The molecule has 1 fully saturated rings. The lowest BCUT2D eigenvalue weighted by molar-refractivity contribution is -0.274. The number of ether oxygens (including phenoxy) is 1. The predicted octanol–water partition coefficient (Wildman–Crippen LogP) is 4.47. The van der Waals surface area contributed by atoms with Gasteiger partial charge in [0.15, 0.2) is 0 Å². The smallest absolute Gasteiger partial charge is 0.405 e. The summed E-state index contributed by atoms with van der Waals surface area (Å²) in [4.78, 5) is 14.4. The van der Waals surface area contributed by atoms with Crippen molar-refractivity contribution >= 4 is 17.7 Å². The lowest BCUT2D eigenvalue weighted by Crippen LogP contribution is -2.31. The molecule has 1 atom stereocenters. The summed E-state index contributed by atoms with van der Waals surface area (Å²) in [6.45, 7) is 0.476. The average Bonchev–Trinajstić information content (AvgIpc) is 3.04. The van der Waals surface area contributed by atoms with Gasteiger partial charge in [-0.25, -0.2) is 0 Å². The van der Waals surface area contributed by atoms with Gasteiger partial charge < -0.3 is 9.64 Å². The minimum absolute atomic E-state index is 0.0849. The zero-order chi connectivity index (χ0) is 17.2. The first-order valence-corrected chi connectivity index (χ1v) is 8.33. The first-order valence-electron chi connectivity index (χ1n) is 7.28. The van der Waals surface area contributed by atoms with Crippen molar-refractivity contribution in [2.24, 2.45) is 0 Å². The quantitative estimate of drug-likeness (QED) is 0.815. The van der Waals surface area contributed by atoms with Gasteiger partial charge in [0.1, 0.15) is 11.1 Å². The van der Waals surface area contributed by atoms with Gasteiger partial charge in [0.05, 0.1) is 5.56 Å². The second kappa shape index (κ2) is 6.76. The molecule has 1 aliphatic heterocycles. The van der Waals surface area contributed by atoms with Gasteiger partial charge in [-0.15, -0.1) is 24.9 Å². The van der Waals surface area contributed by atoms with E-state index >= 15 is 0 Å². The summed E-state index contributed by atoms with van der Waals surface area (Å²) in [5.41, 5.74) is 0.862. The summed E-state index contributed by atoms with van der Waals surface area (Å²) in [5.74, 6) is -0.208. The number of carbonyl (C=O) groups is 1. The fraction of sp³-hybridized carbons (Fsp3) is 0.235. The molecule has 3 rings (SSSR count). The number of halogens is 3. The van der Waals surface area contributed by atoms with Crippen LogP contribution in [0, 0.1) is 0 Å². The SMILES string of the molecule is O=C(c1ccccc1OC(F)(F)F)N1CCSC1c1ccccc1. The molecule has 1 saturated heterocycles. The molecular formula is C17H14F3NO2S. The van der Waals surface area contributed by atoms with Crippen LogP contribution in [0.25, 0.3) is 0 Å². The normalized spacial score (nSPS) is 17.8. The highest BCUT2D eigenvalue weighted by atomic mass is 32.2. The molecule has 2 aromatic rings. The molecule has 3 nitrogen and oxygen atoms in total. The Bertz CT molecular complexity index is 721. The van der Waals surface area contributed by atoms with E-state index in [0.717, 1.165) is 17.4 Å². The molecular weight excluding hydrogens is 339 g/mol. The number of carbonyl (C=O) groups excluding carboxylic acids is 1. The van der Waals surface area contributed by atoms with Gasteiger partial charge in [-0.05, 0) is 17.7 Å². The van der Waals surface area contributed by atoms with Crippen LogP contribution in [-0.4, -0.2) is 29.5 Å². The third-order valence-corrected chi connectivity index (χ3v) is 4.84. The third kappa shape index (κ3) is 3.67. The Morgan fingerprint density at radius 2 is 1.75 bits per heavy atom. The van der Waals surface area contributed by atoms with Crippen LogP contribution in [0.2, 0.25) is 0 Å². The molecule has 0 N–H and O–H groups in total. The molecule has 1 aliphatic rings. The van der Waals surface area contributed by atoms with Crippen molar-refractivity contribution < 1.29 is 22.7 Å². The van der Waals surface area contributed by atoms with Crippen LogP contribution in [0.4, 0.5) is 13.2 Å². The number of amides is 1. The summed E-state index contributed by atoms with van der Waals surface area (Å²) in [6.07, 6.45) is -4.84. The Balaban J connectivity index is 1.89. The zero-order valence-electron chi connectivity index (χ0n) is 12.5. The molecule has 0 aromatic heterocycles. The average molecular weight is 353 g/mol. The molecule has 7 heteroatoms. The number of alkyl halides is 3. The largest absolute Gasteiger partial charge is 0.573 e. The lowest BCUT2D eigenvalue weighted by atomic mass is 10.1. The van der Waals surface area contributed by atoms with E-state index < -0.39 is 18.0 Å². The summed E-state index contributed by atoms with van der Waals surface area (Å²) in [5, 5.41) is -0.211. The van der Waals surface area contributed by atoms with Gasteiger partial charge in [-0.1, -0.05) is 42.5 Å². The Kier molecular flexibility index (Phi) is 4.71. The molecule has 1 unspecified atom stereocenters. The highest BCUT2D eigenvalue weighted by Gasteiger charge is 2.36. The first kappa shape index (κ1) is 16.7. The van der Waals surface area contributed by atoms with Crippen LogP contribution in [0.1, 0.15) is 21.3 Å². The van der Waals surface area contributed by atoms with Crippen LogP contribution < -0.4 is 4.74 Å². The van der Waals surface area contributed by atoms with Gasteiger partial charge >= 0.3 is 6.36 Å². The zero-order valence-corrected chi connectivity index (χ0v) is 13.3. The molecule has 2 aromatic carbocycles. The van der Waals surface area contributed by atoms with Crippen LogP contribution in [0.5, 0.6) is 5.75 Å². The van der Waals surface area contributed by atoms with E-state index in [9.17, 15) is 18.0 Å². The standard InChI is InChI=1S/C17H14F3NO2S/c18-17(19,20)23-14-9-5-4-8-13(14)15(22)21-10-11-24-16(21)12-6-2-1-3-7-12/h1-9,16H,10-11H2. The molecule has 1 heterocycles. The molecule has 0 radical (unpaired) electrons. The third-order valence-electron chi connectivity index (χ3n) is 3.58. The molecule has 24 heavy (non-hydrogen) atoms. The van der Waals surface area contributed by atoms with E-state index in [1.165, 1.54) is 18.2 Å².